The largest absolute Gasteiger partial charge is 0.485 e. The summed E-state index contributed by atoms with van der Waals surface area (Å²) in [5.74, 6) is 2.41. The molecule has 0 radical (unpaired) electrons. The maximum absolute atomic E-state index is 12.1. The molecule has 4 aromatic rings. The number of anilines is 1. The van der Waals surface area contributed by atoms with Crippen molar-refractivity contribution in [3.8, 4) is 11.4 Å². The van der Waals surface area contributed by atoms with E-state index in [-0.39, 0.29) is 11.9 Å². The third-order valence-corrected chi connectivity index (χ3v) is 8.88. The number of hydrogen-bond donors (Lipinski definition) is 1. The first kappa shape index (κ1) is 25.4. The molecule has 1 aromatic carbocycles. The van der Waals surface area contributed by atoms with Crippen molar-refractivity contribution in [3.05, 3.63) is 46.8 Å². The lowest BCUT2D eigenvalue weighted by molar-refractivity contribution is -0.122. The van der Waals surface area contributed by atoms with Crippen LogP contribution < -0.4 is 4.90 Å². The standard InChI is InChI=1S/C29H33N7O3S/c1-18(2)39-26-24(15-25(26)37)35-8-6-34(7-9-35)17-19-14-23-27(40-19)29(36-10-12-38-13-11-36)32-28(31-23)20-4-3-5-22-21(20)16-30-33-22/h3-5,14,16,18H,6-13,15,17H2,1-2H3,(H,30,33). The van der Waals surface area contributed by atoms with Gasteiger partial charge in [0.15, 0.2) is 17.4 Å². The monoisotopic (exact) mass is 559 g/mol. The Morgan fingerprint density at radius 1 is 1.07 bits per heavy atom. The number of aromatic amines is 1. The molecule has 208 valence electrons. The lowest BCUT2D eigenvalue weighted by atomic mass is 9.99. The highest BCUT2D eigenvalue weighted by atomic mass is 32.1. The summed E-state index contributed by atoms with van der Waals surface area (Å²) in [5, 5.41) is 8.32. The van der Waals surface area contributed by atoms with Crippen LogP contribution in [0, 0.1) is 0 Å². The van der Waals surface area contributed by atoms with Crippen molar-refractivity contribution in [3.63, 3.8) is 0 Å². The summed E-state index contributed by atoms with van der Waals surface area (Å²) in [6, 6.07) is 8.34. The molecule has 0 unspecified atom stereocenters. The van der Waals surface area contributed by atoms with E-state index in [4.69, 9.17) is 19.4 Å². The van der Waals surface area contributed by atoms with Gasteiger partial charge in [0.25, 0.3) is 0 Å². The van der Waals surface area contributed by atoms with E-state index in [1.807, 2.05) is 32.2 Å². The molecule has 1 N–H and O–H groups in total. The van der Waals surface area contributed by atoms with Gasteiger partial charge in [-0.3, -0.25) is 14.8 Å². The van der Waals surface area contributed by atoms with Crippen molar-refractivity contribution in [2.24, 2.45) is 0 Å². The van der Waals surface area contributed by atoms with E-state index < -0.39 is 0 Å². The van der Waals surface area contributed by atoms with Crippen LogP contribution in [0.15, 0.2) is 41.9 Å². The minimum atomic E-state index is 0.0158. The summed E-state index contributed by atoms with van der Waals surface area (Å²) in [4.78, 5) is 30.7. The van der Waals surface area contributed by atoms with Gasteiger partial charge in [0.1, 0.15) is 0 Å². The van der Waals surface area contributed by atoms with E-state index in [0.717, 1.165) is 89.8 Å². The fraction of sp³-hybridized carbons (Fsp3) is 0.448. The predicted molar refractivity (Wildman–Crippen MR) is 155 cm³/mol. The number of morpholine rings is 1. The zero-order chi connectivity index (χ0) is 27.2. The van der Waals surface area contributed by atoms with Gasteiger partial charge >= 0.3 is 0 Å². The highest BCUT2D eigenvalue weighted by molar-refractivity contribution is 7.19. The third kappa shape index (κ3) is 4.71. The van der Waals surface area contributed by atoms with Gasteiger partial charge in [0, 0.05) is 61.6 Å². The Balaban J connectivity index is 1.15. The molecule has 11 heteroatoms. The predicted octanol–water partition coefficient (Wildman–Crippen LogP) is 3.80. The first-order chi connectivity index (χ1) is 19.5. The number of hydrogen-bond acceptors (Lipinski definition) is 10. The number of ether oxygens (including phenoxy) is 2. The zero-order valence-electron chi connectivity index (χ0n) is 22.9. The van der Waals surface area contributed by atoms with E-state index >= 15 is 0 Å². The first-order valence-electron chi connectivity index (χ1n) is 14.0. The summed E-state index contributed by atoms with van der Waals surface area (Å²) in [6.45, 7) is 11.5. The number of carbonyl (C=O) groups excluding carboxylic acids is 1. The number of Topliss-reactive ketones (excluding diaryl/α,β-unsaturated/α-hetero) is 1. The molecule has 2 fully saturated rings. The maximum Gasteiger partial charge on any atom is 0.205 e. The number of nitrogens with one attached hydrogen (secondary N) is 1. The number of nitrogens with zero attached hydrogens (tertiary/aromatic N) is 6. The molecule has 2 saturated heterocycles. The van der Waals surface area contributed by atoms with Gasteiger partial charge in [0.05, 0.1) is 53.4 Å². The smallest absolute Gasteiger partial charge is 0.205 e. The molecule has 2 aliphatic heterocycles. The number of H-pyrrole nitrogens is 1. The molecule has 40 heavy (non-hydrogen) atoms. The van der Waals surface area contributed by atoms with Gasteiger partial charge in [-0.25, -0.2) is 9.97 Å². The molecule has 0 spiro atoms. The van der Waals surface area contributed by atoms with Crippen molar-refractivity contribution in [1.82, 2.24) is 30.0 Å². The highest BCUT2D eigenvalue weighted by Crippen LogP contribution is 2.37. The number of aromatic nitrogens is 4. The van der Waals surface area contributed by atoms with Crippen LogP contribution in [0.4, 0.5) is 5.82 Å². The summed E-state index contributed by atoms with van der Waals surface area (Å²) < 4.78 is 12.6. The van der Waals surface area contributed by atoms with Crippen LogP contribution in [0.2, 0.25) is 0 Å². The van der Waals surface area contributed by atoms with Gasteiger partial charge in [-0.1, -0.05) is 12.1 Å². The number of fused-ring (bicyclic) bond motifs is 2. The minimum absolute atomic E-state index is 0.0158. The number of allylic oxidation sites excluding steroid dienone is 2. The molecule has 0 bridgehead atoms. The molecular formula is C29H33N7O3S. The average Bonchev–Trinajstić information content (AvgIpc) is 3.62. The molecule has 0 saturated carbocycles. The Labute approximate surface area is 236 Å². The second-order valence-corrected chi connectivity index (χ2v) is 12.0. The second-order valence-electron chi connectivity index (χ2n) is 10.8. The maximum atomic E-state index is 12.1. The number of ketones is 1. The fourth-order valence-electron chi connectivity index (χ4n) is 5.70. The molecular weight excluding hydrogens is 526 g/mol. The zero-order valence-corrected chi connectivity index (χ0v) is 23.7. The Morgan fingerprint density at radius 3 is 2.67 bits per heavy atom. The summed E-state index contributed by atoms with van der Waals surface area (Å²) in [5.41, 5.74) is 4.02. The van der Waals surface area contributed by atoms with Crippen LogP contribution in [0.1, 0.15) is 25.1 Å². The van der Waals surface area contributed by atoms with E-state index in [0.29, 0.717) is 25.4 Å². The lowest BCUT2D eigenvalue weighted by Gasteiger charge is -2.40. The summed E-state index contributed by atoms with van der Waals surface area (Å²) in [6.07, 6.45) is 2.36. The van der Waals surface area contributed by atoms with E-state index in [1.54, 1.807) is 11.3 Å². The lowest BCUT2D eigenvalue weighted by Crippen LogP contribution is -2.48. The third-order valence-electron chi connectivity index (χ3n) is 7.77. The van der Waals surface area contributed by atoms with Gasteiger partial charge in [0.2, 0.25) is 5.78 Å². The van der Waals surface area contributed by atoms with Crippen molar-refractivity contribution < 1.29 is 14.3 Å². The molecule has 3 aromatic heterocycles. The molecule has 7 rings (SSSR count). The molecule has 1 aliphatic carbocycles. The SMILES string of the molecule is CC(C)OC1=C(N2CCN(Cc3cc4nc(-c5cccc6[nH]ncc56)nc(N5CCOCC5)c4s3)CC2)CC1=O. The van der Waals surface area contributed by atoms with Crippen molar-refractivity contribution >= 4 is 44.1 Å². The van der Waals surface area contributed by atoms with Crippen LogP contribution in [0.3, 0.4) is 0 Å². The summed E-state index contributed by atoms with van der Waals surface area (Å²) in [7, 11) is 0. The van der Waals surface area contributed by atoms with Gasteiger partial charge < -0.3 is 19.3 Å². The average molecular weight is 560 g/mol. The summed E-state index contributed by atoms with van der Waals surface area (Å²) >= 11 is 1.80. The fourth-order valence-corrected chi connectivity index (χ4v) is 6.86. The topological polar surface area (TPSA) is 99.7 Å². The Hall–Kier alpha value is -3.54. The van der Waals surface area contributed by atoms with Crippen LogP contribution >= 0.6 is 11.3 Å². The minimum Gasteiger partial charge on any atom is -0.485 e. The van der Waals surface area contributed by atoms with Gasteiger partial charge in [-0.2, -0.15) is 5.10 Å². The van der Waals surface area contributed by atoms with Crippen LogP contribution in [-0.4, -0.2) is 94.3 Å². The van der Waals surface area contributed by atoms with Gasteiger partial charge in [-0.05, 0) is 26.0 Å². The van der Waals surface area contributed by atoms with Crippen LogP contribution in [0.5, 0.6) is 0 Å². The Morgan fingerprint density at radius 2 is 1.90 bits per heavy atom. The first-order valence-corrected chi connectivity index (χ1v) is 14.8. The normalized spacial score (nSPS) is 18.8. The van der Waals surface area contributed by atoms with E-state index in [1.165, 1.54) is 4.88 Å². The number of piperazine rings is 1. The van der Waals surface area contributed by atoms with Gasteiger partial charge in [-0.15, -0.1) is 11.3 Å². The van der Waals surface area contributed by atoms with Crippen LogP contribution in [-0.2, 0) is 20.8 Å². The molecule has 5 heterocycles. The van der Waals surface area contributed by atoms with Crippen LogP contribution in [0.25, 0.3) is 32.5 Å². The molecule has 0 amide bonds. The molecule has 3 aliphatic rings. The van der Waals surface area contributed by atoms with Crippen molar-refractivity contribution in [1.29, 1.82) is 0 Å². The number of carbonyl (C=O) groups is 1. The number of benzene rings is 1. The Kier molecular flexibility index (Phi) is 6.65. The quantitative estimate of drug-likeness (QED) is 0.362. The van der Waals surface area contributed by atoms with E-state index in [9.17, 15) is 4.79 Å². The second kappa shape index (κ2) is 10.5. The Bertz CT molecular complexity index is 1600. The number of rotatable bonds is 7. The van der Waals surface area contributed by atoms with Crippen molar-refractivity contribution in [2.75, 3.05) is 57.4 Å². The molecule has 0 atom stereocenters. The number of thiophene rings is 1. The highest BCUT2D eigenvalue weighted by Gasteiger charge is 2.35. The molecule has 10 nitrogen and oxygen atoms in total. The van der Waals surface area contributed by atoms with E-state index in [2.05, 4.69) is 37.0 Å². The van der Waals surface area contributed by atoms with Crippen molar-refractivity contribution in [2.45, 2.75) is 32.9 Å².